The van der Waals surface area contributed by atoms with Gasteiger partial charge in [-0.05, 0) is 42.8 Å². The van der Waals surface area contributed by atoms with Gasteiger partial charge in [-0.25, -0.2) is 9.59 Å². The lowest BCUT2D eigenvalue weighted by Crippen LogP contribution is -2.07. The van der Waals surface area contributed by atoms with Crippen LogP contribution in [0.15, 0.2) is 64.6 Å². The molecule has 1 aromatic heterocycles. The van der Waals surface area contributed by atoms with Gasteiger partial charge in [-0.1, -0.05) is 30.3 Å². The summed E-state index contributed by atoms with van der Waals surface area (Å²) in [7, 11) is 0. The average Bonchev–Trinajstić information content (AvgIpc) is 3.11. The summed E-state index contributed by atoms with van der Waals surface area (Å²) in [6.45, 7) is 1.83. The number of esters is 2. The predicted octanol–water partition coefficient (Wildman–Crippen LogP) is 4.12. The van der Waals surface area contributed by atoms with Crippen molar-refractivity contribution >= 4 is 29.0 Å². The maximum absolute atomic E-state index is 12.3. The van der Waals surface area contributed by atoms with Crippen molar-refractivity contribution in [3.05, 3.63) is 71.5 Å². The summed E-state index contributed by atoms with van der Waals surface area (Å²) >= 11 is 0. The molecule has 0 radical (unpaired) electrons. The van der Waals surface area contributed by atoms with E-state index in [0.717, 1.165) is 5.39 Å². The summed E-state index contributed by atoms with van der Waals surface area (Å²) in [4.78, 5) is 24.0. The SMILES string of the molecule is CCOC(=O)/C(C#N)=C/c1cccc(OC(=O)c2cc3ccccc3o2)c1. The Morgan fingerprint density at radius 3 is 2.70 bits per heavy atom. The van der Waals surface area contributed by atoms with Crippen LogP contribution in [0.2, 0.25) is 0 Å². The molecule has 6 heteroatoms. The lowest BCUT2D eigenvalue weighted by atomic mass is 10.1. The van der Waals surface area contributed by atoms with Gasteiger partial charge in [0.2, 0.25) is 5.76 Å². The van der Waals surface area contributed by atoms with Crippen LogP contribution in [0.1, 0.15) is 23.0 Å². The van der Waals surface area contributed by atoms with Crippen molar-refractivity contribution in [2.24, 2.45) is 0 Å². The molecule has 0 amide bonds. The molecular weight excluding hydrogens is 346 g/mol. The van der Waals surface area contributed by atoms with E-state index in [4.69, 9.17) is 19.2 Å². The molecule has 0 N–H and O–H groups in total. The van der Waals surface area contributed by atoms with Gasteiger partial charge in [0.1, 0.15) is 23.0 Å². The van der Waals surface area contributed by atoms with Gasteiger partial charge in [-0.15, -0.1) is 0 Å². The fourth-order valence-electron chi connectivity index (χ4n) is 2.42. The molecule has 27 heavy (non-hydrogen) atoms. The molecule has 0 bridgehead atoms. The molecule has 0 atom stereocenters. The van der Waals surface area contributed by atoms with Gasteiger partial charge in [0, 0.05) is 5.39 Å². The zero-order valence-corrected chi connectivity index (χ0v) is 14.5. The van der Waals surface area contributed by atoms with E-state index in [2.05, 4.69) is 0 Å². The highest BCUT2D eigenvalue weighted by Crippen LogP contribution is 2.22. The number of nitrogens with zero attached hydrogens (tertiary/aromatic N) is 1. The van der Waals surface area contributed by atoms with E-state index in [0.29, 0.717) is 11.1 Å². The maximum Gasteiger partial charge on any atom is 0.379 e. The Labute approximate surface area is 155 Å². The Bertz CT molecular complexity index is 1040. The smallest absolute Gasteiger partial charge is 0.379 e. The van der Waals surface area contributed by atoms with Gasteiger partial charge >= 0.3 is 11.9 Å². The minimum absolute atomic E-state index is 0.0846. The standard InChI is InChI=1S/C21H15NO5/c1-2-25-20(23)16(13-22)10-14-6-5-8-17(11-14)26-21(24)19-12-15-7-3-4-9-18(15)27-19/h3-12H,2H2,1H3/b16-10+. The molecule has 6 nitrogen and oxygen atoms in total. The monoisotopic (exact) mass is 361 g/mol. The van der Waals surface area contributed by atoms with Crippen molar-refractivity contribution < 1.29 is 23.5 Å². The number of benzene rings is 2. The number of ether oxygens (including phenoxy) is 2. The van der Waals surface area contributed by atoms with Crippen LogP contribution in [0.3, 0.4) is 0 Å². The summed E-state index contributed by atoms with van der Waals surface area (Å²) in [6.07, 6.45) is 1.37. The molecule has 1 heterocycles. The van der Waals surface area contributed by atoms with Crippen LogP contribution in [0.25, 0.3) is 17.0 Å². The average molecular weight is 361 g/mol. The quantitative estimate of drug-likeness (QED) is 0.294. The highest BCUT2D eigenvalue weighted by molar-refractivity contribution is 5.98. The van der Waals surface area contributed by atoms with Gasteiger partial charge in [0.15, 0.2) is 0 Å². The van der Waals surface area contributed by atoms with Crippen molar-refractivity contribution in [1.29, 1.82) is 5.26 Å². The van der Waals surface area contributed by atoms with Gasteiger partial charge < -0.3 is 13.9 Å². The van der Waals surface area contributed by atoms with Gasteiger partial charge in [-0.3, -0.25) is 0 Å². The van der Waals surface area contributed by atoms with E-state index < -0.39 is 11.9 Å². The molecule has 0 aliphatic carbocycles. The number of carbonyl (C=O) groups excluding carboxylic acids is 2. The summed E-state index contributed by atoms with van der Waals surface area (Å²) in [5.74, 6) is -1.00. The third-order valence-corrected chi connectivity index (χ3v) is 3.62. The Morgan fingerprint density at radius 2 is 1.96 bits per heavy atom. The fraction of sp³-hybridized carbons (Fsp3) is 0.0952. The fourth-order valence-corrected chi connectivity index (χ4v) is 2.42. The molecule has 0 saturated heterocycles. The van der Waals surface area contributed by atoms with Crippen molar-refractivity contribution in [1.82, 2.24) is 0 Å². The van der Waals surface area contributed by atoms with E-state index >= 15 is 0 Å². The van der Waals surface area contributed by atoms with Crippen LogP contribution in [0.5, 0.6) is 5.75 Å². The van der Waals surface area contributed by atoms with E-state index in [1.165, 1.54) is 12.1 Å². The van der Waals surface area contributed by atoms with Crippen LogP contribution < -0.4 is 4.74 Å². The second-order valence-electron chi connectivity index (χ2n) is 5.50. The topological polar surface area (TPSA) is 89.5 Å². The molecular formula is C21H15NO5. The van der Waals surface area contributed by atoms with Crippen molar-refractivity contribution in [3.63, 3.8) is 0 Å². The molecule has 0 aliphatic heterocycles. The largest absolute Gasteiger partial charge is 0.462 e. The number of furan rings is 1. The molecule has 0 saturated carbocycles. The first-order valence-corrected chi connectivity index (χ1v) is 8.20. The predicted molar refractivity (Wildman–Crippen MR) is 97.8 cm³/mol. The Hall–Kier alpha value is -3.85. The number of rotatable bonds is 5. The number of hydrogen-bond donors (Lipinski definition) is 0. The number of nitriles is 1. The molecule has 0 aliphatic rings. The summed E-state index contributed by atoms with van der Waals surface area (Å²) < 4.78 is 15.6. The third kappa shape index (κ3) is 4.22. The first-order chi connectivity index (χ1) is 13.1. The molecule has 134 valence electrons. The van der Waals surface area contributed by atoms with E-state index in [9.17, 15) is 9.59 Å². The maximum atomic E-state index is 12.3. The van der Waals surface area contributed by atoms with Gasteiger partial charge in [0.05, 0.1) is 6.61 Å². The van der Waals surface area contributed by atoms with Crippen LogP contribution in [-0.2, 0) is 9.53 Å². The van der Waals surface area contributed by atoms with Crippen molar-refractivity contribution in [2.45, 2.75) is 6.92 Å². The molecule has 3 rings (SSSR count). The number of hydrogen-bond acceptors (Lipinski definition) is 6. The van der Waals surface area contributed by atoms with Crippen molar-refractivity contribution in [3.8, 4) is 11.8 Å². The molecule has 3 aromatic rings. The molecule has 2 aromatic carbocycles. The molecule has 0 unspecified atom stereocenters. The third-order valence-electron chi connectivity index (χ3n) is 3.62. The van der Waals surface area contributed by atoms with Gasteiger partial charge in [-0.2, -0.15) is 5.26 Å². The normalized spacial score (nSPS) is 11.0. The number of carbonyl (C=O) groups is 2. The zero-order chi connectivity index (χ0) is 19.2. The Morgan fingerprint density at radius 1 is 1.15 bits per heavy atom. The van der Waals surface area contributed by atoms with Crippen LogP contribution in [0.4, 0.5) is 0 Å². The molecule has 0 spiro atoms. The second-order valence-corrected chi connectivity index (χ2v) is 5.50. The minimum atomic E-state index is -0.704. The highest BCUT2D eigenvalue weighted by Gasteiger charge is 2.15. The first kappa shape index (κ1) is 18.0. The van der Waals surface area contributed by atoms with Crippen LogP contribution in [0, 0.1) is 11.3 Å². The summed E-state index contributed by atoms with van der Waals surface area (Å²) in [6, 6.07) is 17.1. The Balaban J connectivity index is 1.80. The van der Waals surface area contributed by atoms with E-state index in [1.807, 2.05) is 18.2 Å². The second kappa shape index (κ2) is 8.02. The van der Waals surface area contributed by atoms with Crippen LogP contribution >= 0.6 is 0 Å². The molecule has 0 fully saturated rings. The first-order valence-electron chi connectivity index (χ1n) is 8.20. The highest BCUT2D eigenvalue weighted by atomic mass is 16.5. The van der Waals surface area contributed by atoms with E-state index in [-0.39, 0.29) is 23.7 Å². The van der Waals surface area contributed by atoms with E-state index in [1.54, 1.807) is 43.3 Å². The zero-order valence-electron chi connectivity index (χ0n) is 14.5. The Kier molecular flexibility index (Phi) is 5.33. The lowest BCUT2D eigenvalue weighted by molar-refractivity contribution is -0.137. The number of fused-ring (bicyclic) bond motifs is 1. The number of para-hydroxylation sites is 1. The summed E-state index contributed by atoms with van der Waals surface area (Å²) in [5.41, 5.74) is 0.973. The minimum Gasteiger partial charge on any atom is -0.462 e. The van der Waals surface area contributed by atoms with Crippen molar-refractivity contribution in [2.75, 3.05) is 6.61 Å². The summed E-state index contributed by atoms with van der Waals surface area (Å²) in [5, 5.41) is 9.90. The van der Waals surface area contributed by atoms with Crippen LogP contribution in [-0.4, -0.2) is 18.5 Å². The van der Waals surface area contributed by atoms with Gasteiger partial charge in [0.25, 0.3) is 0 Å². The lowest BCUT2D eigenvalue weighted by Gasteiger charge is -2.04.